The van der Waals surface area contributed by atoms with Crippen LogP contribution < -0.4 is 9.04 Å². The minimum absolute atomic E-state index is 0.105. The number of aryl methyl sites for hydroxylation is 1. The lowest BCUT2D eigenvalue weighted by Crippen LogP contribution is -2.39. The van der Waals surface area contributed by atoms with E-state index in [0.29, 0.717) is 18.7 Å². The monoisotopic (exact) mass is 463 g/mol. The number of nitrogens with zero attached hydrogens (tertiary/aromatic N) is 3. The first-order valence-electron chi connectivity index (χ1n) is 11.6. The molecule has 5 rings (SSSR count). The van der Waals surface area contributed by atoms with Gasteiger partial charge >= 0.3 is 0 Å². The summed E-state index contributed by atoms with van der Waals surface area (Å²) in [4.78, 5) is 8.63. The van der Waals surface area contributed by atoms with Gasteiger partial charge in [0.1, 0.15) is 12.4 Å². The van der Waals surface area contributed by atoms with Gasteiger partial charge in [0.2, 0.25) is 16.0 Å². The molecule has 1 aliphatic heterocycles. The molecule has 0 bridgehead atoms. The molecular weight excluding hydrogens is 434 g/mol. The van der Waals surface area contributed by atoms with Gasteiger partial charge in [0.25, 0.3) is 0 Å². The van der Waals surface area contributed by atoms with Crippen LogP contribution in [0.1, 0.15) is 54.5 Å². The summed E-state index contributed by atoms with van der Waals surface area (Å²) in [6.07, 6.45) is 6.67. The Morgan fingerprint density at radius 1 is 0.939 bits per heavy atom. The molecule has 172 valence electrons. The molecule has 0 unspecified atom stereocenters. The van der Waals surface area contributed by atoms with Gasteiger partial charge in [-0.15, -0.1) is 0 Å². The Morgan fingerprint density at radius 3 is 2.27 bits per heavy atom. The van der Waals surface area contributed by atoms with Gasteiger partial charge in [-0.25, -0.2) is 22.7 Å². The average molecular weight is 464 g/mol. The molecule has 3 aromatic rings. The predicted octanol–water partition coefficient (Wildman–Crippen LogP) is 4.76. The number of aromatic nitrogens is 2. The van der Waals surface area contributed by atoms with E-state index in [1.807, 2.05) is 12.1 Å². The summed E-state index contributed by atoms with van der Waals surface area (Å²) in [5.74, 6) is 1.15. The van der Waals surface area contributed by atoms with Crippen molar-refractivity contribution in [2.45, 2.75) is 51.0 Å². The quantitative estimate of drug-likeness (QED) is 0.527. The molecule has 0 N–H and O–H groups in total. The molecule has 2 heterocycles. The fourth-order valence-electron chi connectivity index (χ4n) is 4.77. The van der Waals surface area contributed by atoms with Gasteiger partial charge in [-0.1, -0.05) is 48.4 Å². The molecule has 1 saturated heterocycles. The molecular formula is C26H29N3O3S. The number of rotatable bonds is 6. The van der Waals surface area contributed by atoms with E-state index in [2.05, 4.69) is 53.3 Å². The highest BCUT2D eigenvalue weighted by Gasteiger charge is 2.40. The second-order valence-electron chi connectivity index (χ2n) is 9.06. The summed E-state index contributed by atoms with van der Waals surface area (Å²) in [6.45, 7) is 2.80. The summed E-state index contributed by atoms with van der Waals surface area (Å²) < 4.78 is 32.0. The van der Waals surface area contributed by atoms with Crippen LogP contribution in [-0.2, 0) is 22.0 Å². The highest BCUT2D eigenvalue weighted by molar-refractivity contribution is 7.92. The topological polar surface area (TPSA) is 72.4 Å². The van der Waals surface area contributed by atoms with Crippen molar-refractivity contribution in [1.29, 1.82) is 0 Å². The Bertz CT molecular complexity index is 1220. The molecule has 2 fully saturated rings. The lowest BCUT2D eigenvalue weighted by molar-refractivity contribution is 0.294. The molecule has 2 aliphatic rings. The zero-order valence-electron chi connectivity index (χ0n) is 18.9. The molecule has 1 aromatic heterocycles. The number of sulfonamides is 1. The molecule has 1 aliphatic carbocycles. The summed E-state index contributed by atoms with van der Waals surface area (Å²) in [5.41, 5.74) is 4.75. The number of ether oxygens (including phenoxy) is 1. The third-order valence-electron chi connectivity index (χ3n) is 6.88. The van der Waals surface area contributed by atoms with Crippen molar-refractivity contribution in [1.82, 2.24) is 9.97 Å². The van der Waals surface area contributed by atoms with Crippen molar-refractivity contribution >= 4 is 16.0 Å². The first kappa shape index (κ1) is 21.9. The van der Waals surface area contributed by atoms with Crippen LogP contribution in [0, 0.1) is 6.92 Å². The first-order valence-corrected chi connectivity index (χ1v) is 13.2. The van der Waals surface area contributed by atoms with E-state index < -0.39 is 10.0 Å². The van der Waals surface area contributed by atoms with Gasteiger partial charge in [0, 0.05) is 18.2 Å². The normalized spacial score (nSPS) is 19.0. The molecule has 1 saturated carbocycles. The number of benzene rings is 2. The summed E-state index contributed by atoms with van der Waals surface area (Å²) in [5, 5.41) is 0. The SMILES string of the molecule is Cc1ccc(C2(c3ccc(OCc4ccnc(N5CCCCS5(=O)=O)n4)cc3)CCC2)cc1. The third kappa shape index (κ3) is 4.34. The van der Waals surface area contributed by atoms with E-state index in [0.717, 1.165) is 12.2 Å². The van der Waals surface area contributed by atoms with Crippen LogP contribution in [-0.4, -0.2) is 30.7 Å². The van der Waals surface area contributed by atoms with E-state index in [1.54, 1.807) is 12.3 Å². The maximum atomic E-state index is 12.3. The van der Waals surface area contributed by atoms with Crippen LogP contribution in [0.2, 0.25) is 0 Å². The van der Waals surface area contributed by atoms with Crippen molar-refractivity contribution in [3.05, 3.63) is 83.2 Å². The molecule has 0 radical (unpaired) electrons. The zero-order valence-corrected chi connectivity index (χ0v) is 19.7. The van der Waals surface area contributed by atoms with Crippen molar-refractivity contribution < 1.29 is 13.2 Å². The van der Waals surface area contributed by atoms with Crippen LogP contribution in [0.3, 0.4) is 0 Å². The van der Waals surface area contributed by atoms with Gasteiger partial charge in [-0.3, -0.25) is 0 Å². The Labute approximate surface area is 195 Å². The van der Waals surface area contributed by atoms with Crippen molar-refractivity contribution in [2.24, 2.45) is 0 Å². The first-order chi connectivity index (χ1) is 16.0. The van der Waals surface area contributed by atoms with Crippen molar-refractivity contribution in [3.63, 3.8) is 0 Å². The second-order valence-corrected chi connectivity index (χ2v) is 11.1. The number of hydrogen-bond donors (Lipinski definition) is 0. The Kier molecular flexibility index (Phi) is 5.83. The Balaban J connectivity index is 1.28. The summed E-state index contributed by atoms with van der Waals surface area (Å²) in [6, 6.07) is 19.0. The lowest BCUT2D eigenvalue weighted by Gasteiger charge is -2.43. The van der Waals surface area contributed by atoms with E-state index in [1.165, 1.54) is 40.3 Å². The predicted molar refractivity (Wildman–Crippen MR) is 129 cm³/mol. The van der Waals surface area contributed by atoms with E-state index in [-0.39, 0.29) is 23.7 Å². The summed E-state index contributed by atoms with van der Waals surface area (Å²) >= 11 is 0. The third-order valence-corrected chi connectivity index (χ3v) is 8.70. The second kappa shape index (κ2) is 8.78. The number of anilines is 1. The van der Waals surface area contributed by atoms with E-state index >= 15 is 0 Å². The fraction of sp³-hybridized carbons (Fsp3) is 0.385. The van der Waals surface area contributed by atoms with Gasteiger partial charge < -0.3 is 4.74 Å². The van der Waals surface area contributed by atoms with Gasteiger partial charge in [0.15, 0.2) is 0 Å². The highest BCUT2D eigenvalue weighted by atomic mass is 32.2. The highest BCUT2D eigenvalue weighted by Crippen LogP contribution is 2.49. The molecule has 0 amide bonds. The van der Waals surface area contributed by atoms with Crippen molar-refractivity contribution in [2.75, 3.05) is 16.6 Å². The maximum Gasteiger partial charge on any atom is 0.239 e. The van der Waals surface area contributed by atoms with E-state index in [9.17, 15) is 8.42 Å². The minimum atomic E-state index is -3.33. The van der Waals surface area contributed by atoms with Gasteiger partial charge in [-0.2, -0.15) is 0 Å². The zero-order chi connectivity index (χ0) is 22.9. The molecule has 6 nitrogen and oxygen atoms in total. The minimum Gasteiger partial charge on any atom is -0.487 e. The standard InChI is InChI=1S/C26H29N3O3S/c1-20-5-7-21(8-6-20)26(14-4-15-26)22-9-11-24(12-10-22)32-19-23-13-16-27-25(28-23)29-17-2-3-18-33(29,30)31/h5-13,16H,2-4,14-15,17-19H2,1H3. The van der Waals surface area contributed by atoms with Crippen molar-refractivity contribution in [3.8, 4) is 5.75 Å². The largest absolute Gasteiger partial charge is 0.487 e. The molecule has 0 atom stereocenters. The van der Waals surface area contributed by atoms with Gasteiger partial charge in [0.05, 0.1) is 11.4 Å². The maximum absolute atomic E-state index is 12.3. The fourth-order valence-corrected chi connectivity index (χ4v) is 6.31. The van der Waals surface area contributed by atoms with Crippen LogP contribution >= 0.6 is 0 Å². The van der Waals surface area contributed by atoms with Crippen LogP contribution in [0.15, 0.2) is 60.8 Å². The van der Waals surface area contributed by atoms with Crippen LogP contribution in [0.25, 0.3) is 0 Å². The lowest BCUT2D eigenvalue weighted by atomic mass is 9.60. The molecule has 0 spiro atoms. The summed E-state index contributed by atoms with van der Waals surface area (Å²) in [7, 11) is -3.33. The number of hydrogen-bond acceptors (Lipinski definition) is 5. The average Bonchev–Trinajstić information content (AvgIpc) is 2.79. The van der Waals surface area contributed by atoms with Gasteiger partial charge in [-0.05, 0) is 61.9 Å². The Morgan fingerprint density at radius 2 is 1.64 bits per heavy atom. The van der Waals surface area contributed by atoms with Crippen LogP contribution in [0.5, 0.6) is 5.75 Å². The van der Waals surface area contributed by atoms with E-state index in [4.69, 9.17) is 4.74 Å². The molecule has 33 heavy (non-hydrogen) atoms. The molecule has 2 aromatic carbocycles. The molecule has 7 heteroatoms. The Hall–Kier alpha value is -2.93. The van der Waals surface area contributed by atoms with Crippen LogP contribution in [0.4, 0.5) is 5.95 Å². The smallest absolute Gasteiger partial charge is 0.239 e.